The van der Waals surface area contributed by atoms with Crippen LogP contribution in [0.25, 0.3) is 0 Å². The second-order valence-electron chi connectivity index (χ2n) is 3.15. The molecule has 5 nitrogen and oxygen atoms in total. The lowest BCUT2D eigenvalue weighted by Gasteiger charge is -2.00. The molecule has 6 heteroatoms. The second kappa shape index (κ2) is 4.09. The van der Waals surface area contributed by atoms with Gasteiger partial charge < -0.3 is 4.52 Å². The van der Waals surface area contributed by atoms with Crippen LogP contribution in [0.3, 0.4) is 0 Å². The van der Waals surface area contributed by atoms with Crippen LogP contribution in [-0.2, 0) is 0 Å². The molecule has 0 aliphatic heterocycles. The Morgan fingerprint density at radius 2 is 2.31 bits per heavy atom. The molecule has 0 aromatic carbocycles. The molecule has 1 N–H and O–H groups in total. The van der Waals surface area contributed by atoms with Crippen LogP contribution in [0, 0.1) is 12.9 Å². The first-order valence-electron chi connectivity index (χ1n) is 4.51. The normalized spacial score (nSPS) is 10.1. The van der Waals surface area contributed by atoms with Crippen LogP contribution in [0.2, 0.25) is 0 Å². The van der Waals surface area contributed by atoms with Crippen molar-refractivity contribution < 1.29 is 13.7 Å². The molecule has 0 fully saturated rings. The SMILES string of the molecule is Cc1cc(NC(=O)c2ccnc(F)c2)on1. The van der Waals surface area contributed by atoms with E-state index in [-0.39, 0.29) is 11.4 Å². The minimum absolute atomic E-state index is 0.168. The lowest BCUT2D eigenvalue weighted by Crippen LogP contribution is -2.11. The maximum atomic E-state index is 12.7. The van der Waals surface area contributed by atoms with Gasteiger partial charge in [0.25, 0.3) is 5.91 Å². The number of rotatable bonds is 2. The van der Waals surface area contributed by atoms with Gasteiger partial charge in [0.05, 0.1) is 5.69 Å². The maximum absolute atomic E-state index is 12.7. The van der Waals surface area contributed by atoms with Gasteiger partial charge in [-0.3, -0.25) is 10.1 Å². The van der Waals surface area contributed by atoms with E-state index in [0.717, 1.165) is 6.07 Å². The number of nitrogens with one attached hydrogen (secondary N) is 1. The number of aromatic nitrogens is 2. The fourth-order valence-electron chi connectivity index (χ4n) is 1.15. The van der Waals surface area contributed by atoms with Gasteiger partial charge in [0.15, 0.2) is 0 Å². The van der Waals surface area contributed by atoms with Crippen molar-refractivity contribution in [1.82, 2.24) is 10.1 Å². The van der Waals surface area contributed by atoms with E-state index in [2.05, 4.69) is 15.5 Å². The number of carbonyl (C=O) groups is 1. The van der Waals surface area contributed by atoms with Crippen molar-refractivity contribution in [2.45, 2.75) is 6.92 Å². The number of hydrogen-bond acceptors (Lipinski definition) is 4. The third-order valence-corrected chi connectivity index (χ3v) is 1.85. The average Bonchev–Trinajstić information content (AvgIpc) is 2.64. The fourth-order valence-corrected chi connectivity index (χ4v) is 1.15. The molecule has 16 heavy (non-hydrogen) atoms. The molecule has 0 spiro atoms. The van der Waals surface area contributed by atoms with Crippen LogP contribution in [0.4, 0.5) is 10.3 Å². The number of carbonyl (C=O) groups excluding carboxylic acids is 1. The van der Waals surface area contributed by atoms with Crippen LogP contribution in [0.15, 0.2) is 28.9 Å². The highest BCUT2D eigenvalue weighted by atomic mass is 19.1. The van der Waals surface area contributed by atoms with E-state index in [1.807, 2.05) is 0 Å². The van der Waals surface area contributed by atoms with Crippen molar-refractivity contribution in [1.29, 1.82) is 0 Å². The third-order valence-electron chi connectivity index (χ3n) is 1.85. The summed E-state index contributed by atoms with van der Waals surface area (Å²) in [4.78, 5) is 14.9. The average molecular weight is 221 g/mol. The quantitative estimate of drug-likeness (QED) is 0.784. The van der Waals surface area contributed by atoms with Gasteiger partial charge in [0.2, 0.25) is 11.8 Å². The largest absolute Gasteiger partial charge is 0.338 e. The van der Waals surface area contributed by atoms with E-state index in [1.54, 1.807) is 13.0 Å². The van der Waals surface area contributed by atoms with Gasteiger partial charge in [-0.25, -0.2) is 4.98 Å². The number of pyridine rings is 1. The molecule has 2 rings (SSSR count). The number of anilines is 1. The van der Waals surface area contributed by atoms with Crippen LogP contribution in [-0.4, -0.2) is 16.0 Å². The van der Waals surface area contributed by atoms with Crippen molar-refractivity contribution in [2.75, 3.05) is 5.32 Å². The van der Waals surface area contributed by atoms with Gasteiger partial charge in [-0.1, -0.05) is 5.16 Å². The van der Waals surface area contributed by atoms with Crippen molar-refractivity contribution in [3.63, 3.8) is 0 Å². The van der Waals surface area contributed by atoms with Gasteiger partial charge >= 0.3 is 0 Å². The van der Waals surface area contributed by atoms with Gasteiger partial charge in [-0.05, 0) is 13.0 Å². The van der Waals surface area contributed by atoms with Crippen LogP contribution >= 0.6 is 0 Å². The number of amides is 1. The van der Waals surface area contributed by atoms with E-state index >= 15 is 0 Å². The zero-order valence-corrected chi connectivity index (χ0v) is 8.40. The summed E-state index contributed by atoms with van der Waals surface area (Å²) >= 11 is 0. The van der Waals surface area contributed by atoms with Crippen molar-refractivity contribution in [2.24, 2.45) is 0 Å². The highest BCUT2D eigenvalue weighted by Gasteiger charge is 2.09. The summed E-state index contributed by atoms with van der Waals surface area (Å²) in [7, 11) is 0. The first-order chi connectivity index (χ1) is 7.65. The Morgan fingerprint density at radius 3 is 2.94 bits per heavy atom. The Hall–Kier alpha value is -2.24. The number of aryl methyl sites for hydroxylation is 1. The molecule has 0 aliphatic carbocycles. The summed E-state index contributed by atoms with van der Waals surface area (Å²) in [5.41, 5.74) is 0.817. The molecule has 0 saturated heterocycles. The molecular formula is C10H8FN3O2. The molecular weight excluding hydrogens is 213 g/mol. The highest BCUT2D eigenvalue weighted by Crippen LogP contribution is 2.10. The molecule has 1 amide bonds. The van der Waals surface area contributed by atoms with E-state index in [9.17, 15) is 9.18 Å². The summed E-state index contributed by atoms with van der Waals surface area (Å²) in [6.07, 6.45) is 1.22. The molecule has 0 bridgehead atoms. The zero-order chi connectivity index (χ0) is 11.5. The molecule has 2 aromatic heterocycles. The van der Waals surface area contributed by atoms with Gasteiger partial charge in [0, 0.05) is 23.9 Å². The van der Waals surface area contributed by atoms with E-state index in [0.29, 0.717) is 5.69 Å². The fraction of sp³-hybridized carbons (Fsp3) is 0.100. The Kier molecular flexibility index (Phi) is 2.63. The molecule has 0 unspecified atom stereocenters. The van der Waals surface area contributed by atoms with E-state index < -0.39 is 11.9 Å². The first kappa shape index (κ1) is 10.3. The molecule has 0 radical (unpaired) electrons. The van der Waals surface area contributed by atoms with Crippen molar-refractivity contribution in [3.8, 4) is 0 Å². The van der Waals surface area contributed by atoms with Crippen molar-refractivity contribution in [3.05, 3.63) is 41.6 Å². The Bertz CT molecular complexity index is 524. The van der Waals surface area contributed by atoms with E-state index in [1.165, 1.54) is 12.3 Å². The summed E-state index contributed by atoms with van der Waals surface area (Å²) < 4.78 is 17.5. The lowest BCUT2D eigenvalue weighted by molar-refractivity contribution is 0.102. The summed E-state index contributed by atoms with van der Waals surface area (Å²) in [6, 6.07) is 4.01. The minimum atomic E-state index is -0.707. The number of nitrogens with zero attached hydrogens (tertiary/aromatic N) is 2. The lowest BCUT2D eigenvalue weighted by atomic mass is 10.2. The monoisotopic (exact) mass is 221 g/mol. The summed E-state index contributed by atoms with van der Waals surface area (Å²) in [5.74, 6) is -0.960. The van der Waals surface area contributed by atoms with Crippen LogP contribution in [0.1, 0.15) is 16.1 Å². The summed E-state index contributed by atoms with van der Waals surface area (Å²) in [5, 5.41) is 6.05. The Balaban J connectivity index is 2.14. The molecule has 0 saturated carbocycles. The van der Waals surface area contributed by atoms with Gasteiger partial charge in [-0.2, -0.15) is 4.39 Å². The molecule has 82 valence electrons. The summed E-state index contributed by atoms with van der Waals surface area (Å²) in [6.45, 7) is 1.73. The standard InChI is InChI=1S/C10H8FN3O2/c1-6-4-9(16-14-6)13-10(15)7-2-3-12-8(11)5-7/h2-5H,1H3,(H,13,15). The molecule has 2 heterocycles. The number of halogens is 1. The minimum Gasteiger partial charge on any atom is -0.338 e. The van der Waals surface area contributed by atoms with Crippen LogP contribution < -0.4 is 5.32 Å². The second-order valence-corrected chi connectivity index (χ2v) is 3.15. The molecule has 2 aromatic rings. The molecule has 0 aliphatic rings. The predicted octanol–water partition coefficient (Wildman–Crippen LogP) is 1.77. The smallest absolute Gasteiger partial charge is 0.258 e. The highest BCUT2D eigenvalue weighted by molar-refractivity contribution is 6.03. The predicted molar refractivity (Wildman–Crippen MR) is 53.4 cm³/mol. The Morgan fingerprint density at radius 1 is 1.50 bits per heavy atom. The van der Waals surface area contributed by atoms with Crippen molar-refractivity contribution >= 4 is 11.8 Å². The number of hydrogen-bond donors (Lipinski definition) is 1. The Labute approximate surface area is 90.3 Å². The first-order valence-corrected chi connectivity index (χ1v) is 4.51. The maximum Gasteiger partial charge on any atom is 0.258 e. The van der Waals surface area contributed by atoms with Gasteiger partial charge in [0.1, 0.15) is 0 Å². The third kappa shape index (κ3) is 2.22. The van der Waals surface area contributed by atoms with E-state index in [4.69, 9.17) is 4.52 Å². The van der Waals surface area contributed by atoms with Gasteiger partial charge in [-0.15, -0.1) is 0 Å². The topological polar surface area (TPSA) is 68.0 Å². The zero-order valence-electron chi connectivity index (χ0n) is 8.40. The van der Waals surface area contributed by atoms with Crippen LogP contribution in [0.5, 0.6) is 0 Å². The molecule has 0 atom stereocenters.